The lowest BCUT2D eigenvalue weighted by atomic mass is 10.2. The topological polar surface area (TPSA) is 21.3 Å². The maximum absolute atomic E-state index is 5.60. The van der Waals surface area contributed by atoms with Gasteiger partial charge >= 0.3 is 0 Å². The van der Waals surface area contributed by atoms with Gasteiger partial charge in [-0.1, -0.05) is 36.4 Å². The van der Waals surface area contributed by atoms with Crippen molar-refractivity contribution >= 4 is 11.3 Å². The third-order valence-corrected chi connectivity index (χ3v) is 3.60. The van der Waals surface area contributed by atoms with Crippen LogP contribution in [0.2, 0.25) is 0 Å². The Hall–Kier alpha value is -1.16. The summed E-state index contributed by atoms with van der Waals surface area (Å²) in [7, 11) is 0. The van der Waals surface area contributed by atoms with E-state index in [1.807, 2.05) is 29.5 Å². The van der Waals surface area contributed by atoms with Crippen molar-refractivity contribution in [3.05, 3.63) is 58.3 Å². The average Bonchev–Trinajstić information content (AvgIpc) is 2.92. The molecule has 2 nitrogen and oxygen atoms in total. The second-order valence-corrected chi connectivity index (χ2v) is 5.15. The molecule has 1 aromatic carbocycles. The van der Waals surface area contributed by atoms with Gasteiger partial charge in [0.05, 0.1) is 13.2 Å². The second kappa shape index (κ2) is 8.03. The molecule has 0 atom stereocenters. The van der Waals surface area contributed by atoms with Crippen LogP contribution in [0, 0.1) is 0 Å². The molecule has 96 valence electrons. The summed E-state index contributed by atoms with van der Waals surface area (Å²) in [5, 5.41) is 5.51. The van der Waals surface area contributed by atoms with E-state index in [1.54, 1.807) is 0 Å². The number of thiophene rings is 1. The zero-order chi connectivity index (χ0) is 12.5. The second-order valence-electron chi connectivity index (χ2n) is 4.12. The smallest absolute Gasteiger partial charge is 0.0717 e. The Morgan fingerprint density at radius 1 is 1.00 bits per heavy atom. The summed E-state index contributed by atoms with van der Waals surface area (Å²) >= 11 is 1.82. The van der Waals surface area contributed by atoms with E-state index in [1.165, 1.54) is 10.4 Å². The number of ether oxygens (including phenoxy) is 1. The highest BCUT2D eigenvalue weighted by atomic mass is 32.1. The molecule has 0 fully saturated rings. The van der Waals surface area contributed by atoms with Gasteiger partial charge in [0, 0.05) is 18.0 Å². The van der Waals surface area contributed by atoms with Crippen molar-refractivity contribution in [2.75, 3.05) is 19.7 Å². The quantitative estimate of drug-likeness (QED) is 0.737. The van der Waals surface area contributed by atoms with Crippen molar-refractivity contribution in [3.8, 4) is 0 Å². The number of hydrogen-bond acceptors (Lipinski definition) is 3. The van der Waals surface area contributed by atoms with Gasteiger partial charge in [-0.15, -0.1) is 11.3 Å². The molecule has 1 N–H and O–H groups in total. The van der Waals surface area contributed by atoms with Crippen molar-refractivity contribution in [1.29, 1.82) is 0 Å². The third-order valence-electron chi connectivity index (χ3n) is 2.66. The molecule has 2 rings (SSSR count). The molecule has 18 heavy (non-hydrogen) atoms. The predicted octanol–water partition coefficient (Wildman–Crippen LogP) is 3.10. The Bertz CT molecular complexity index is 413. The van der Waals surface area contributed by atoms with E-state index in [0.29, 0.717) is 6.61 Å². The number of benzene rings is 1. The van der Waals surface area contributed by atoms with Crippen LogP contribution in [0.1, 0.15) is 10.4 Å². The first-order chi connectivity index (χ1) is 8.95. The van der Waals surface area contributed by atoms with Gasteiger partial charge < -0.3 is 10.1 Å². The van der Waals surface area contributed by atoms with Crippen LogP contribution in [-0.2, 0) is 17.8 Å². The van der Waals surface area contributed by atoms with E-state index in [-0.39, 0.29) is 0 Å². The van der Waals surface area contributed by atoms with Crippen molar-refractivity contribution in [3.63, 3.8) is 0 Å². The third kappa shape index (κ3) is 5.00. The van der Waals surface area contributed by atoms with Crippen LogP contribution in [0.5, 0.6) is 0 Å². The maximum atomic E-state index is 5.60. The van der Waals surface area contributed by atoms with Gasteiger partial charge in [-0.25, -0.2) is 0 Å². The monoisotopic (exact) mass is 261 g/mol. The molecule has 0 radical (unpaired) electrons. The van der Waals surface area contributed by atoms with E-state index in [2.05, 4.69) is 35.0 Å². The highest BCUT2D eigenvalue weighted by Gasteiger charge is 1.94. The molecule has 1 aromatic heterocycles. The first-order valence-electron chi connectivity index (χ1n) is 6.30. The fourth-order valence-electron chi connectivity index (χ4n) is 1.70. The van der Waals surface area contributed by atoms with Gasteiger partial charge in [0.25, 0.3) is 0 Å². The highest BCUT2D eigenvalue weighted by Crippen LogP contribution is 2.07. The zero-order valence-corrected chi connectivity index (χ0v) is 11.3. The van der Waals surface area contributed by atoms with Gasteiger partial charge in [0.2, 0.25) is 0 Å². The molecule has 0 saturated carbocycles. The average molecular weight is 261 g/mol. The predicted molar refractivity (Wildman–Crippen MR) is 77.0 cm³/mol. The summed E-state index contributed by atoms with van der Waals surface area (Å²) in [6.07, 6.45) is 1.11. The van der Waals surface area contributed by atoms with Crippen LogP contribution in [-0.4, -0.2) is 19.7 Å². The SMILES string of the molecule is c1ccc(COCCNCCc2cccs2)cc1. The lowest BCUT2D eigenvalue weighted by molar-refractivity contribution is 0.123. The van der Waals surface area contributed by atoms with Crippen LogP contribution < -0.4 is 5.32 Å². The van der Waals surface area contributed by atoms with E-state index in [0.717, 1.165) is 26.1 Å². The molecule has 0 aliphatic heterocycles. The fraction of sp³-hybridized carbons (Fsp3) is 0.333. The lowest BCUT2D eigenvalue weighted by Gasteiger charge is -2.05. The minimum Gasteiger partial charge on any atom is -0.375 e. The molecular formula is C15H19NOS. The van der Waals surface area contributed by atoms with Gasteiger partial charge in [-0.05, 0) is 23.4 Å². The van der Waals surface area contributed by atoms with Crippen molar-refractivity contribution in [2.24, 2.45) is 0 Å². The van der Waals surface area contributed by atoms with Crippen molar-refractivity contribution < 1.29 is 4.74 Å². The summed E-state index contributed by atoms with van der Waals surface area (Å²) in [5.41, 5.74) is 1.23. The van der Waals surface area contributed by atoms with E-state index in [9.17, 15) is 0 Å². The Kier molecular flexibility index (Phi) is 5.92. The molecule has 0 spiro atoms. The molecule has 3 heteroatoms. The summed E-state index contributed by atoms with van der Waals surface area (Å²) in [6, 6.07) is 14.6. The van der Waals surface area contributed by atoms with Crippen molar-refractivity contribution in [1.82, 2.24) is 5.32 Å². The van der Waals surface area contributed by atoms with Gasteiger partial charge in [0.1, 0.15) is 0 Å². The zero-order valence-electron chi connectivity index (χ0n) is 10.5. The largest absolute Gasteiger partial charge is 0.375 e. The molecule has 1 heterocycles. The summed E-state index contributed by atoms with van der Waals surface area (Å²) in [5.74, 6) is 0. The molecule has 0 unspecified atom stereocenters. The van der Waals surface area contributed by atoms with E-state index < -0.39 is 0 Å². The Morgan fingerprint density at radius 3 is 2.67 bits per heavy atom. The minimum atomic E-state index is 0.702. The van der Waals surface area contributed by atoms with E-state index >= 15 is 0 Å². The standard InChI is InChI=1S/C15H19NOS/c1-2-5-14(6-3-1)13-17-11-10-16-9-8-15-7-4-12-18-15/h1-7,12,16H,8-11,13H2. The molecule has 0 aliphatic carbocycles. The molecule has 2 aromatic rings. The van der Waals surface area contributed by atoms with Crippen LogP contribution in [0.3, 0.4) is 0 Å². The normalized spacial score (nSPS) is 10.7. The molecule has 0 saturated heterocycles. The minimum absolute atomic E-state index is 0.702. The maximum Gasteiger partial charge on any atom is 0.0717 e. The Morgan fingerprint density at radius 2 is 1.89 bits per heavy atom. The molecule has 0 bridgehead atoms. The van der Waals surface area contributed by atoms with E-state index in [4.69, 9.17) is 4.74 Å². The number of nitrogens with one attached hydrogen (secondary N) is 1. The van der Waals surface area contributed by atoms with Crippen LogP contribution >= 0.6 is 11.3 Å². The van der Waals surface area contributed by atoms with Gasteiger partial charge in [0.15, 0.2) is 0 Å². The van der Waals surface area contributed by atoms with Crippen LogP contribution in [0.4, 0.5) is 0 Å². The first kappa shape index (κ1) is 13.3. The lowest BCUT2D eigenvalue weighted by Crippen LogP contribution is -2.21. The van der Waals surface area contributed by atoms with Crippen molar-refractivity contribution in [2.45, 2.75) is 13.0 Å². The summed E-state index contributed by atoms with van der Waals surface area (Å²) in [4.78, 5) is 1.44. The van der Waals surface area contributed by atoms with Gasteiger partial charge in [-0.2, -0.15) is 0 Å². The first-order valence-corrected chi connectivity index (χ1v) is 7.18. The number of rotatable bonds is 8. The summed E-state index contributed by atoms with van der Waals surface area (Å²) < 4.78 is 5.60. The molecule has 0 amide bonds. The summed E-state index contributed by atoms with van der Waals surface area (Å²) in [6.45, 7) is 3.40. The Labute approximate surface area is 113 Å². The number of hydrogen-bond donors (Lipinski definition) is 1. The Balaban J connectivity index is 1.47. The fourth-order valence-corrected chi connectivity index (χ4v) is 2.41. The molecular weight excluding hydrogens is 242 g/mol. The molecule has 0 aliphatic rings. The van der Waals surface area contributed by atoms with Crippen LogP contribution in [0.25, 0.3) is 0 Å². The highest BCUT2D eigenvalue weighted by molar-refractivity contribution is 7.09. The van der Waals surface area contributed by atoms with Gasteiger partial charge in [-0.3, -0.25) is 0 Å². The van der Waals surface area contributed by atoms with Crippen LogP contribution in [0.15, 0.2) is 47.8 Å².